The molecular formula is C27H33F2N5O2. The number of nitrogens with one attached hydrogen (secondary N) is 1. The van der Waals surface area contributed by atoms with Crippen LogP contribution in [0.25, 0.3) is 16.8 Å². The van der Waals surface area contributed by atoms with Gasteiger partial charge in [-0.1, -0.05) is 20.8 Å². The minimum atomic E-state index is -1.04. The van der Waals surface area contributed by atoms with Crippen LogP contribution in [0.1, 0.15) is 49.5 Å². The first-order valence-electron chi connectivity index (χ1n) is 11.9. The third kappa shape index (κ3) is 4.85. The summed E-state index contributed by atoms with van der Waals surface area (Å²) in [4.78, 5) is 4.39. The molecule has 0 bridgehead atoms. The largest absolute Gasteiger partial charge is 0.489 e. The normalized spacial score (nSPS) is 12.9. The predicted molar refractivity (Wildman–Crippen MR) is 135 cm³/mol. The number of aryl methyl sites for hydroxylation is 1. The molecule has 0 aliphatic rings. The summed E-state index contributed by atoms with van der Waals surface area (Å²) in [5, 5.41) is 18.5. The van der Waals surface area contributed by atoms with Crippen molar-refractivity contribution >= 4 is 5.65 Å². The van der Waals surface area contributed by atoms with E-state index in [2.05, 4.69) is 15.4 Å². The van der Waals surface area contributed by atoms with Gasteiger partial charge in [0.15, 0.2) is 11.6 Å². The molecule has 7 nitrogen and oxygen atoms in total. The van der Waals surface area contributed by atoms with Crippen molar-refractivity contribution < 1.29 is 18.6 Å². The smallest absolute Gasteiger partial charge is 0.201 e. The predicted octanol–water partition coefficient (Wildman–Crippen LogP) is 4.74. The van der Waals surface area contributed by atoms with E-state index in [9.17, 15) is 13.9 Å². The molecule has 2 N–H and O–H groups in total. The Morgan fingerprint density at radius 1 is 1.17 bits per heavy atom. The molecule has 0 radical (unpaired) electrons. The average Bonchev–Trinajstić information content (AvgIpc) is 3.36. The number of halogens is 2. The Labute approximate surface area is 209 Å². The van der Waals surface area contributed by atoms with E-state index in [1.165, 1.54) is 6.07 Å². The number of ether oxygens (including phenoxy) is 1. The molecule has 0 saturated heterocycles. The van der Waals surface area contributed by atoms with Crippen LogP contribution in [0.3, 0.4) is 0 Å². The molecule has 192 valence electrons. The summed E-state index contributed by atoms with van der Waals surface area (Å²) in [5.74, 6) is -2.16. The lowest BCUT2D eigenvalue weighted by Gasteiger charge is -2.25. The van der Waals surface area contributed by atoms with Gasteiger partial charge in [0.25, 0.3) is 0 Å². The first kappa shape index (κ1) is 25.8. The highest BCUT2D eigenvalue weighted by molar-refractivity contribution is 5.71. The number of aliphatic hydroxyl groups is 1. The standard InChI is InChI=1S/C27H33F2N5O2/c1-16-19(24(32-33(16)6)26(35)27(2,3)4)11-12-36-25-20(8-9-21(28)23(25)29)17-7-10-22-31-14-18(13-30-5)34(22)15-17/h7-10,14-15,26,30,35H,11-13H2,1-6H3/t26-/m1/s1. The number of fused-ring (bicyclic) bond motifs is 1. The lowest BCUT2D eigenvalue weighted by atomic mass is 9.85. The summed E-state index contributed by atoms with van der Waals surface area (Å²) in [6.07, 6.45) is 3.22. The van der Waals surface area contributed by atoms with Crippen molar-refractivity contribution in [1.82, 2.24) is 24.5 Å². The topological polar surface area (TPSA) is 76.6 Å². The van der Waals surface area contributed by atoms with Crippen LogP contribution in [-0.4, -0.2) is 37.9 Å². The number of pyridine rings is 1. The van der Waals surface area contributed by atoms with Gasteiger partial charge in [-0.15, -0.1) is 0 Å². The average molecular weight is 498 g/mol. The second-order valence-corrected chi connectivity index (χ2v) is 10.1. The third-order valence-electron chi connectivity index (χ3n) is 6.47. The molecule has 0 amide bonds. The molecule has 0 aliphatic carbocycles. The number of benzene rings is 1. The van der Waals surface area contributed by atoms with Crippen LogP contribution in [0, 0.1) is 24.0 Å². The zero-order valence-corrected chi connectivity index (χ0v) is 21.6. The van der Waals surface area contributed by atoms with Gasteiger partial charge in [0, 0.05) is 48.6 Å². The van der Waals surface area contributed by atoms with Crippen LogP contribution in [0.2, 0.25) is 0 Å². The summed E-state index contributed by atoms with van der Waals surface area (Å²) in [7, 11) is 3.66. The number of aromatic nitrogens is 4. The lowest BCUT2D eigenvalue weighted by Crippen LogP contribution is -2.20. The first-order chi connectivity index (χ1) is 17.0. The molecule has 1 aromatic carbocycles. The lowest BCUT2D eigenvalue weighted by molar-refractivity contribution is 0.0575. The van der Waals surface area contributed by atoms with E-state index in [0.29, 0.717) is 29.8 Å². The third-order valence-corrected chi connectivity index (χ3v) is 6.47. The number of imidazole rings is 1. The molecular weight excluding hydrogens is 464 g/mol. The van der Waals surface area contributed by atoms with Crippen LogP contribution in [0.15, 0.2) is 36.7 Å². The number of hydrogen-bond acceptors (Lipinski definition) is 5. The SMILES string of the molecule is CNCc1cnc2ccc(-c3ccc(F)c(F)c3OCCc3c([C@@H](O)C(C)(C)C)nn(C)c3C)cn12. The van der Waals surface area contributed by atoms with Crippen LogP contribution in [0.5, 0.6) is 5.75 Å². The molecule has 0 aliphatic heterocycles. The second-order valence-electron chi connectivity index (χ2n) is 10.1. The van der Waals surface area contributed by atoms with Crippen molar-refractivity contribution in [1.29, 1.82) is 0 Å². The van der Waals surface area contributed by atoms with Crippen LogP contribution < -0.4 is 10.1 Å². The molecule has 3 heterocycles. The fourth-order valence-corrected chi connectivity index (χ4v) is 4.27. The Balaban J connectivity index is 1.65. The minimum absolute atomic E-state index is 0.0854. The number of nitrogens with zero attached hydrogens (tertiary/aromatic N) is 4. The molecule has 4 rings (SSSR count). The van der Waals surface area contributed by atoms with E-state index < -0.39 is 23.2 Å². The number of rotatable bonds is 8. The van der Waals surface area contributed by atoms with Crippen LogP contribution in [-0.2, 0) is 20.0 Å². The molecule has 1 atom stereocenters. The van der Waals surface area contributed by atoms with E-state index in [1.54, 1.807) is 10.9 Å². The first-order valence-corrected chi connectivity index (χ1v) is 11.9. The quantitative estimate of drug-likeness (QED) is 0.368. The fourth-order valence-electron chi connectivity index (χ4n) is 4.27. The summed E-state index contributed by atoms with van der Waals surface area (Å²) in [6.45, 7) is 8.43. The van der Waals surface area contributed by atoms with Crippen molar-refractivity contribution in [3.05, 3.63) is 70.9 Å². The minimum Gasteiger partial charge on any atom is -0.489 e. The summed E-state index contributed by atoms with van der Waals surface area (Å²) in [5.41, 5.74) is 4.72. The molecule has 36 heavy (non-hydrogen) atoms. The van der Waals surface area contributed by atoms with Crippen molar-refractivity contribution in [3.8, 4) is 16.9 Å². The summed E-state index contributed by atoms with van der Waals surface area (Å²) >= 11 is 0. The second kappa shape index (κ2) is 9.99. The Morgan fingerprint density at radius 2 is 1.92 bits per heavy atom. The zero-order valence-electron chi connectivity index (χ0n) is 21.6. The van der Waals surface area contributed by atoms with Gasteiger partial charge in [0.05, 0.1) is 24.2 Å². The fraction of sp³-hybridized carbons (Fsp3) is 0.407. The van der Waals surface area contributed by atoms with Crippen LogP contribution in [0.4, 0.5) is 8.78 Å². The van der Waals surface area contributed by atoms with E-state index in [0.717, 1.165) is 28.7 Å². The zero-order chi connectivity index (χ0) is 26.2. The van der Waals surface area contributed by atoms with Gasteiger partial charge in [0.2, 0.25) is 5.82 Å². The number of hydrogen-bond donors (Lipinski definition) is 2. The number of aliphatic hydroxyl groups excluding tert-OH is 1. The van der Waals surface area contributed by atoms with E-state index in [4.69, 9.17) is 4.74 Å². The highest BCUT2D eigenvalue weighted by Crippen LogP contribution is 2.36. The van der Waals surface area contributed by atoms with Gasteiger partial charge in [-0.2, -0.15) is 9.49 Å². The van der Waals surface area contributed by atoms with Crippen molar-refractivity contribution in [2.24, 2.45) is 12.5 Å². The van der Waals surface area contributed by atoms with Gasteiger partial charge in [-0.25, -0.2) is 9.37 Å². The highest BCUT2D eigenvalue weighted by atomic mass is 19.2. The summed E-state index contributed by atoms with van der Waals surface area (Å²) in [6, 6.07) is 6.27. The molecule has 0 fully saturated rings. The van der Waals surface area contributed by atoms with Gasteiger partial charge < -0.3 is 19.6 Å². The van der Waals surface area contributed by atoms with Gasteiger partial charge in [0.1, 0.15) is 11.8 Å². The Bertz CT molecular complexity index is 1390. The molecule has 0 saturated carbocycles. The van der Waals surface area contributed by atoms with E-state index in [1.807, 2.05) is 64.5 Å². The Kier molecular flexibility index (Phi) is 7.15. The maximum absolute atomic E-state index is 15.0. The Hall–Kier alpha value is -3.30. The molecule has 9 heteroatoms. The molecule has 0 unspecified atom stereocenters. The molecule has 4 aromatic rings. The monoisotopic (exact) mass is 497 g/mol. The van der Waals surface area contributed by atoms with Crippen molar-refractivity contribution in [2.45, 2.75) is 46.8 Å². The summed E-state index contributed by atoms with van der Waals surface area (Å²) < 4.78 is 38.7. The van der Waals surface area contributed by atoms with Crippen molar-refractivity contribution in [2.75, 3.05) is 13.7 Å². The van der Waals surface area contributed by atoms with Crippen LogP contribution >= 0.6 is 0 Å². The molecule has 0 spiro atoms. The maximum atomic E-state index is 15.0. The van der Waals surface area contributed by atoms with Gasteiger partial charge in [-0.05, 0) is 43.7 Å². The molecule has 3 aromatic heterocycles. The van der Waals surface area contributed by atoms with Gasteiger partial charge in [-0.3, -0.25) is 4.68 Å². The maximum Gasteiger partial charge on any atom is 0.201 e. The highest BCUT2D eigenvalue weighted by Gasteiger charge is 2.30. The van der Waals surface area contributed by atoms with E-state index >= 15 is 0 Å². The van der Waals surface area contributed by atoms with E-state index in [-0.39, 0.29) is 12.4 Å². The van der Waals surface area contributed by atoms with Gasteiger partial charge >= 0.3 is 0 Å². The van der Waals surface area contributed by atoms with Crippen molar-refractivity contribution in [3.63, 3.8) is 0 Å². The Morgan fingerprint density at radius 3 is 2.61 bits per heavy atom.